The van der Waals surface area contributed by atoms with Crippen LogP contribution in [0.4, 0.5) is 0 Å². The monoisotopic (exact) mass is 706 g/mol. The van der Waals surface area contributed by atoms with Crippen LogP contribution in [-0.4, -0.2) is 19.5 Å². The van der Waals surface area contributed by atoms with Crippen LogP contribution >= 0.6 is 11.3 Å². The lowest BCUT2D eigenvalue weighted by Crippen LogP contribution is -2.00. The third kappa shape index (κ3) is 4.86. The Labute approximate surface area is 315 Å². The summed E-state index contributed by atoms with van der Waals surface area (Å²) in [5, 5.41) is 7.50. The van der Waals surface area contributed by atoms with Crippen molar-refractivity contribution >= 4 is 64.1 Å². The van der Waals surface area contributed by atoms with E-state index in [1.54, 1.807) is 0 Å². The molecule has 0 radical (unpaired) electrons. The van der Waals surface area contributed by atoms with Crippen LogP contribution in [0.25, 0.3) is 104 Å². The molecule has 11 aromatic rings. The van der Waals surface area contributed by atoms with Gasteiger partial charge in [-0.1, -0.05) is 152 Å². The first-order valence-electron chi connectivity index (χ1n) is 18.1. The zero-order valence-corrected chi connectivity index (χ0v) is 29.8. The molecule has 0 fully saturated rings. The first-order chi connectivity index (χ1) is 26.8. The van der Waals surface area contributed by atoms with Crippen molar-refractivity contribution in [3.05, 3.63) is 182 Å². The molecule has 0 atom stereocenters. The zero-order valence-electron chi connectivity index (χ0n) is 29.0. The summed E-state index contributed by atoms with van der Waals surface area (Å²) in [7, 11) is 0. The van der Waals surface area contributed by atoms with Gasteiger partial charge in [-0.3, -0.25) is 0 Å². The van der Waals surface area contributed by atoms with Crippen molar-refractivity contribution in [2.24, 2.45) is 0 Å². The van der Waals surface area contributed by atoms with Crippen LogP contribution in [0.1, 0.15) is 0 Å². The standard InChI is InChI=1S/C49H30N4S/c1-4-15-31(16-5-1)39-30-42-45(36-22-11-10-21-35(36)39)37-23-12-13-24-40(37)53(42)41-25-14-26-43-46(41)38-28-27-34(29-44(38)54-43)49-51-47(32-17-6-2-7-18-32)50-48(52-49)33-19-8-3-9-20-33/h1-30H. The molecule has 0 aliphatic carbocycles. The summed E-state index contributed by atoms with van der Waals surface area (Å²) in [4.78, 5) is 15.0. The number of hydrogen-bond acceptors (Lipinski definition) is 4. The summed E-state index contributed by atoms with van der Waals surface area (Å²) in [6.45, 7) is 0. The van der Waals surface area contributed by atoms with Gasteiger partial charge in [-0.2, -0.15) is 0 Å². The van der Waals surface area contributed by atoms with Crippen molar-refractivity contribution in [2.45, 2.75) is 0 Å². The molecule has 11 rings (SSSR count). The van der Waals surface area contributed by atoms with Gasteiger partial charge >= 0.3 is 0 Å². The lowest BCUT2D eigenvalue weighted by molar-refractivity contribution is 1.07. The molecule has 4 nitrogen and oxygen atoms in total. The fraction of sp³-hybridized carbons (Fsp3) is 0. The Bertz CT molecular complexity index is 3140. The van der Waals surface area contributed by atoms with Gasteiger partial charge in [0.15, 0.2) is 17.5 Å². The number of hydrogen-bond donors (Lipinski definition) is 0. The second-order valence-corrected chi connectivity index (χ2v) is 14.7. The van der Waals surface area contributed by atoms with Gasteiger partial charge in [0, 0.05) is 47.6 Å². The van der Waals surface area contributed by atoms with E-state index in [1.807, 2.05) is 72.0 Å². The Kier molecular flexibility index (Phi) is 7.00. The minimum absolute atomic E-state index is 0.657. The van der Waals surface area contributed by atoms with Gasteiger partial charge in [-0.05, 0) is 52.2 Å². The highest BCUT2D eigenvalue weighted by Gasteiger charge is 2.21. The van der Waals surface area contributed by atoms with E-state index in [9.17, 15) is 0 Å². The van der Waals surface area contributed by atoms with Crippen LogP contribution in [0.3, 0.4) is 0 Å². The molecule has 0 saturated heterocycles. The van der Waals surface area contributed by atoms with E-state index in [1.165, 1.54) is 69.6 Å². The van der Waals surface area contributed by atoms with E-state index in [4.69, 9.17) is 15.0 Å². The topological polar surface area (TPSA) is 43.6 Å². The lowest BCUT2D eigenvalue weighted by atomic mass is 9.95. The third-order valence-electron chi connectivity index (χ3n) is 10.4. The molecule has 54 heavy (non-hydrogen) atoms. The highest BCUT2D eigenvalue weighted by atomic mass is 32.1. The van der Waals surface area contributed by atoms with Crippen LogP contribution in [0.2, 0.25) is 0 Å². The van der Waals surface area contributed by atoms with Gasteiger partial charge in [0.05, 0.1) is 16.7 Å². The average Bonchev–Trinajstić information content (AvgIpc) is 3.80. The van der Waals surface area contributed by atoms with Gasteiger partial charge in [0.25, 0.3) is 0 Å². The molecule has 0 aliphatic rings. The highest BCUT2D eigenvalue weighted by Crippen LogP contribution is 2.45. The van der Waals surface area contributed by atoms with Crippen molar-refractivity contribution in [1.82, 2.24) is 19.5 Å². The van der Waals surface area contributed by atoms with E-state index in [0.29, 0.717) is 17.5 Å². The number of para-hydroxylation sites is 1. The predicted molar refractivity (Wildman–Crippen MR) is 226 cm³/mol. The van der Waals surface area contributed by atoms with Crippen molar-refractivity contribution in [1.29, 1.82) is 0 Å². The van der Waals surface area contributed by atoms with Gasteiger partial charge < -0.3 is 4.57 Å². The molecule has 0 unspecified atom stereocenters. The Morgan fingerprint density at radius 3 is 1.61 bits per heavy atom. The summed E-state index contributed by atoms with van der Waals surface area (Å²) in [5.74, 6) is 1.98. The Hall–Kier alpha value is -6.95. The molecule has 3 aromatic heterocycles. The predicted octanol–water partition coefficient (Wildman–Crippen LogP) is 13.2. The number of nitrogens with zero attached hydrogens (tertiary/aromatic N) is 4. The minimum atomic E-state index is 0.657. The second-order valence-electron chi connectivity index (χ2n) is 13.6. The maximum atomic E-state index is 5.02. The lowest BCUT2D eigenvalue weighted by Gasteiger charge is -2.13. The Balaban J connectivity index is 1.15. The maximum absolute atomic E-state index is 5.02. The van der Waals surface area contributed by atoms with E-state index in [2.05, 4.69) is 126 Å². The summed E-state index contributed by atoms with van der Waals surface area (Å²) in [5.41, 5.74) is 8.89. The fourth-order valence-corrected chi connectivity index (χ4v) is 9.18. The molecule has 0 saturated carbocycles. The second kappa shape index (κ2) is 12.3. The van der Waals surface area contributed by atoms with Crippen LogP contribution in [0.5, 0.6) is 0 Å². The molecular formula is C49H30N4S. The van der Waals surface area contributed by atoms with Crippen LogP contribution < -0.4 is 0 Å². The summed E-state index contributed by atoms with van der Waals surface area (Å²) in [6.07, 6.45) is 0. The number of thiophene rings is 1. The van der Waals surface area contributed by atoms with Crippen LogP contribution in [0.15, 0.2) is 182 Å². The maximum Gasteiger partial charge on any atom is 0.164 e. The SMILES string of the molecule is c1ccc(-c2nc(-c3ccccc3)nc(-c3ccc4c(c3)sc3cccc(-n5c6ccccc6c6c7ccccc7c(-c7ccccc7)cc65)c34)n2)cc1. The van der Waals surface area contributed by atoms with Crippen molar-refractivity contribution in [3.63, 3.8) is 0 Å². The Morgan fingerprint density at radius 1 is 0.352 bits per heavy atom. The number of fused-ring (bicyclic) bond motifs is 8. The first-order valence-corrected chi connectivity index (χ1v) is 18.9. The summed E-state index contributed by atoms with van der Waals surface area (Å²) < 4.78 is 4.91. The molecule has 0 amide bonds. The van der Waals surface area contributed by atoms with Gasteiger partial charge in [0.1, 0.15) is 0 Å². The minimum Gasteiger partial charge on any atom is -0.309 e. The molecule has 3 heterocycles. The number of aromatic nitrogens is 4. The van der Waals surface area contributed by atoms with Gasteiger partial charge in [-0.15, -0.1) is 11.3 Å². The van der Waals surface area contributed by atoms with Gasteiger partial charge in [0.2, 0.25) is 0 Å². The molecule has 0 N–H and O–H groups in total. The molecule has 5 heteroatoms. The molecule has 8 aromatic carbocycles. The number of rotatable bonds is 5. The van der Waals surface area contributed by atoms with E-state index >= 15 is 0 Å². The van der Waals surface area contributed by atoms with E-state index in [-0.39, 0.29) is 0 Å². The van der Waals surface area contributed by atoms with E-state index in [0.717, 1.165) is 16.7 Å². The smallest absolute Gasteiger partial charge is 0.164 e. The van der Waals surface area contributed by atoms with Crippen molar-refractivity contribution in [3.8, 4) is 51.0 Å². The molecular weight excluding hydrogens is 677 g/mol. The largest absolute Gasteiger partial charge is 0.309 e. The van der Waals surface area contributed by atoms with E-state index < -0.39 is 0 Å². The Morgan fingerprint density at radius 2 is 0.926 bits per heavy atom. The number of benzene rings is 8. The zero-order chi connectivity index (χ0) is 35.6. The fourth-order valence-electron chi connectivity index (χ4n) is 8.02. The highest BCUT2D eigenvalue weighted by molar-refractivity contribution is 7.26. The first kappa shape index (κ1) is 30.7. The normalized spacial score (nSPS) is 11.7. The molecule has 252 valence electrons. The van der Waals surface area contributed by atoms with Crippen molar-refractivity contribution in [2.75, 3.05) is 0 Å². The average molecular weight is 707 g/mol. The molecule has 0 bridgehead atoms. The van der Waals surface area contributed by atoms with Crippen LogP contribution in [-0.2, 0) is 0 Å². The molecule has 0 spiro atoms. The third-order valence-corrected chi connectivity index (χ3v) is 11.6. The summed E-state index contributed by atoms with van der Waals surface area (Å²) >= 11 is 1.81. The quantitative estimate of drug-likeness (QED) is 0.179. The molecule has 0 aliphatic heterocycles. The summed E-state index contributed by atoms with van der Waals surface area (Å²) in [6, 6.07) is 64.5. The van der Waals surface area contributed by atoms with Gasteiger partial charge in [-0.25, -0.2) is 15.0 Å². The van der Waals surface area contributed by atoms with Crippen LogP contribution in [0, 0.1) is 0 Å². The van der Waals surface area contributed by atoms with Crippen molar-refractivity contribution < 1.29 is 0 Å².